The molecule has 0 spiro atoms. The van der Waals surface area contributed by atoms with Crippen LogP contribution in [-0.4, -0.2) is 25.5 Å². The highest BCUT2D eigenvalue weighted by Gasteiger charge is 2.09. The highest BCUT2D eigenvalue weighted by atomic mass is 32.1. The molecular formula is C17H14N6OS. The second-order valence-corrected chi connectivity index (χ2v) is 6.39. The minimum atomic E-state index is -0.0697. The van der Waals surface area contributed by atoms with Crippen molar-refractivity contribution in [1.82, 2.24) is 19.6 Å². The molecule has 0 aliphatic rings. The van der Waals surface area contributed by atoms with Crippen LogP contribution in [-0.2, 0) is 11.2 Å². The molecule has 2 N–H and O–H groups in total. The maximum Gasteiger partial charge on any atom is 0.229 e. The van der Waals surface area contributed by atoms with E-state index in [1.54, 1.807) is 23.1 Å². The zero-order valence-electron chi connectivity index (χ0n) is 13.1. The molecule has 0 saturated carbocycles. The fourth-order valence-electron chi connectivity index (χ4n) is 2.37. The average Bonchev–Trinajstić information content (AvgIpc) is 3.25. The van der Waals surface area contributed by atoms with Crippen LogP contribution >= 0.6 is 11.3 Å². The van der Waals surface area contributed by atoms with E-state index in [1.807, 2.05) is 42.5 Å². The molecule has 4 aromatic rings. The molecule has 4 rings (SSSR count). The van der Waals surface area contributed by atoms with Crippen LogP contribution in [0, 0.1) is 0 Å². The van der Waals surface area contributed by atoms with E-state index in [4.69, 9.17) is 0 Å². The van der Waals surface area contributed by atoms with Crippen LogP contribution in [0.4, 0.5) is 16.6 Å². The lowest BCUT2D eigenvalue weighted by Crippen LogP contribution is -2.13. The number of anilines is 3. The number of benzene rings is 1. The number of hydrogen-bond acceptors (Lipinski definition) is 6. The summed E-state index contributed by atoms with van der Waals surface area (Å²) in [4.78, 5) is 21.5. The Morgan fingerprint density at radius 1 is 1.08 bits per heavy atom. The fourth-order valence-corrected chi connectivity index (χ4v) is 3.19. The van der Waals surface area contributed by atoms with Crippen molar-refractivity contribution in [3.63, 3.8) is 0 Å². The molecule has 7 nitrogen and oxygen atoms in total. The minimum absolute atomic E-state index is 0.0697. The van der Waals surface area contributed by atoms with Crippen molar-refractivity contribution in [3.05, 3.63) is 65.9 Å². The summed E-state index contributed by atoms with van der Waals surface area (Å²) in [5.41, 5.74) is 1.54. The molecule has 3 heterocycles. The number of rotatable bonds is 5. The Kier molecular flexibility index (Phi) is 4.09. The Morgan fingerprint density at radius 3 is 2.84 bits per heavy atom. The van der Waals surface area contributed by atoms with Gasteiger partial charge in [0.15, 0.2) is 10.8 Å². The van der Waals surface area contributed by atoms with Gasteiger partial charge in [0.2, 0.25) is 5.91 Å². The molecule has 124 valence electrons. The predicted octanol–water partition coefficient (Wildman–Crippen LogP) is 3.11. The van der Waals surface area contributed by atoms with Crippen molar-refractivity contribution >= 4 is 39.5 Å². The first-order valence-electron chi connectivity index (χ1n) is 7.63. The topological polar surface area (TPSA) is 84.2 Å². The number of carbonyl (C=O) groups is 1. The number of para-hydroxylation sites is 1. The van der Waals surface area contributed by atoms with Gasteiger partial charge < -0.3 is 10.6 Å². The summed E-state index contributed by atoms with van der Waals surface area (Å²) >= 11 is 1.43. The minimum Gasteiger partial charge on any atom is -0.326 e. The van der Waals surface area contributed by atoms with Crippen LogP contribution in [0.25, 0.3) is 5.65 Å². The number of nitrogens with zero attached hydrogens (tertiary/aromatic N) is 4. The third-order valence-corrected chi connectivity index (χ3v) is 4.38. The van der Waals surface area contributed by atoms with Crippen molar-refractivity contribution in [2.75, 3.05) is 10.6 Å². The molecular weight excluding hydrogens is 336 g/mol. The number of amides is 1. The standard InChI is InChI=1S/C17H14N6OS/c24-16(21-12-4-2-1-3-5-12)10-13-11-19-17(25-13)22-15-6-8-18-14-7-9-20-23(14)15/h1-9,11H,10H2,(H,19,22)(H,21,24). The lowest BCUT2D eigenvalue weighted by molar-refractivity contribution is -0.115. The molecule has 3 aromatic heterocycles. The van der Waals surface area contributed by atoms with Crippen molar-refractivity contribution < 1.29 is 4.79 Å². The summed E-state index contributed by atoms with van der Waals surface area (Å²) in [5, 5.41) is 11.0. The Balaban J connectivity index is 1.43. The van der Waals surface area contributed by atoms with E-state index in [0.717, 1.165) is 22.0 Å². The summed E-state index contributed by atoms with van der Waals surface area (Å²) < 4.78 is 1.70. The van der Waals surface area contributed by atoms with E-state index in [0.29, 0.717) is 5.13 Å². The zero-order valence-corrected chi connectivity index (χ0v) is 13.9. The van der Waals surface area contributed by atoms with Crippen LogP contribution in [0.1, 0.15) is 4.88 Å². The van der Waals surface area contributed by atoms with E-state index in [1.165, 1.54) is 11.3 Å². The molecule has 1 aromatic carbocycles. The summed E-state index contributed by atoms with van der Waals surface area (Å²) in [5.74, 6) is 0.699. The van der Waals surface area contributed by atoms with Crippen molar-refractivity contribution in [2.45, 2.75) is 6.42 Å². The van der Waals surface area contributed by atoms with E-state index in [2.05, 4.69) is 25.7 Å². The van der Waals surface area contributed by atoms with Crippen LogP contribution in [0.2, 0.25) is 0 Å². The molecule has 0 atom stereocenters. The summed E-state index contributed by atoms with van der Waals surface area (Å²) in [6, 6.07) is 13.0. The van der Waals surface area contributed by atoms with Gasteiger partial charge in [0.1, 0.15) is 5.82 Å². The van der Waals surface area contributed by atoms with Gasteiger partial charge >= 0.3 is 0 Å². The Morgan fingerprint density at radius 2 is 1.96 bits per heavy atom. The molecule has 0 radical (unpaired) electrons. The Labute approximate surface area is 147 Å². The summed E-state index contributed by atoms with van der Waals surface area (Å²) in [6.07, 6.45) is 5.39. The van der Waals surface area contributed by atoms with Crippen LogP contribution in [0.3, 0.4) is 0 Å². The molecule has 25 heavy (non-hydrogen) atoms. The molecule has 0 aliphatic carbocycles. The number of hydrogen-bond donors (Lipinski definition) is 2. The summed E-state index contributed by atoms with van der Waals surface area (Å²) in [6.45, 7) is 0. The van der Waals surface area contributed by atoms with Gasteiger partial charge in [-0.2, -0.15) is 9.61 Å². The van der Waals surface area contributed by atoms with Gasteiger partial charge in [-0.05, 0) is 18.2 Å². The first-order chi connectivity index (χ1) is 12.3. The summed E-state index contributed by atoms with van der Waals surface area (Å²) in [7, 11) is 0. The van der Waals surface area contributed by atoms with Crippen molar-refractivity contribution in [1.29, 1.82) is 0 Å². The quantitative estimate of drug-likeness (QED) is 0.578. The fraction of sp³-hybridized carbons (Fsp3) is 0.0588. The smallest absolute Gasteiger partial charge is 0.229 e. The highest BCUT2D eigenvalue weighted by molar-refractivity contribution is 7.15. The van der Waals surface area contributed by atoms with Gasteiger partial charge in [-0.15, -0.1) is 11.3 Å². The number of thiazole rings is 1. The largest absolute Gasteiger partial charge is 0.326 e. The molecule has 0 fully saturated rings. The molecule has 0 saturated heterocycles. The normalized spacial score (nSPS) is 10.7. The molecule has 1 amide bonds. The third-order valence-electron chi connectivity index (χ3n) is 3.47. The van der Waals surface area contributed by atoms with Gasteiger partial charge in [-0.25, -0.2) is 9.97 Å². The zero-order chi connectivity index (χ0) is 17.1. The molecule has 8 heteroatoms. The van der Waals surface area contributed by atoms with Crippen LogP contribution in [0.15, 0.2) is 61.1 Å². The average molecular weight is 350 g/mol. The van der Waals surface area contributed by atoms with Gasteiger partial charge in [0, 0.05) is 29.0 Å². The van der Waals surface area contributed by atoms with E-state index >= 15 is 0 Å². The Bertz CT molecular complexity index is 1010. The first-order valence-corrected chi connectivity index (χ1v) is 8.45. The van der Waals surface area contributed by atoms with Gasteiger partial charge in [0.25, 0.3) is 0 Å². The van der Waals surface area contributed by atoms with Crippen LogP contribution < -0.4 is 10.6 Å². The van der Waals surface area contributed by atoms with Crippen molar-refractivity contribution in [2.24, 2.45) is 0 Å². The second-order valence-electron chi connectivity index (χ2n) is 5.28. The second kappa shape index (κ2) is 6.70. The highest BCUT2D eigenvalue weighted by Crippen LogP contribution is 2.23. The number of carbonyl (C=O) groups excluding carboxylic acids is 1. The first kappa shape index (κ1) is 15.3. The van der Waals surface area contributed by atoms with E-state index in [9.17, 15) is 4.79 Å². The van der Waals surface area contributed by atoms with Gasteiger partial charge in [-0.1, -0.05) is 18.2 Å². The third kappa shape index (κ3) is 3.48. The SMILES string of the molecule is O=C(Cc1cnc(Nc2ccnc3ccnn23)s1)Nc1ccccc1. The lowest BCUT2D eigenvalue weighted by Gasteiger charge is -2.04. The van der Waals surface area contributed by atoms with E-state index < -0.39 is 0 Å². The predicted molar refractivity (Wildman–Crippen MR) is 97.2 cm³/mol. The number of aromatic nitrogens is 4. The van der Waals surface area contributed by atoms with Crippen molar-refractivity contribution in [3.8, 4) is 0 Å². The maximum atomic E-state index is 12.1. The number of fused-ring (bicyclic) bond motifs is 1. The van der Waals surface area contributed by atoms with Crippen LogP contribution in [0.5, 0.6) is 0 Å². The molecule has 0 aliphatic heterocycles. The molecule has 0 unspecified atom stereocenters. The van der Waals surface area contributed by atoms with E-state index in [-0.39, 0.29) is 12.3 Å². The Hall–Kier alpha value is -3.26. The molecule has 0 bridgehead atoms. The number of nitrogens with one attached hydrogen (secondary N) is 2. The van der Waals surface area contributed by atoms with Gasteiger partial charge in [-0.3, -0.25) is 4.79 Å². The maximum absolute atomic E-state index is 12.1. The monoisotopic (exact) mass is 350 g/mol. The van der Waals surface area contributed by atoms with Gasteiger partial charge in [0.05, 0.1) is 12.6 Å². The lowest BCUT2D eigenvalue weighted by atomic mass is 10.3.